The van der Waals surface area contributed by atoms with Crippen LogP contribution in [-0.2, 0) is 22.4 Å². The Morgan fingerprint density at radius 3 is 2.79 bits per heavy atom. The molecule has 0 aliphatic heterocycles. The van der Waals surface area contributed by atoms with Gasteiger partial charge in [-0.15, -0.1) is 0 Å². The standard InChI is InChI=1S/C16H23NO2/c1-3-14-6-4-7-15-8-10-17(16(14)15)9-5-11-19-13-12-18-2/h4,6-8,10H,3,5,9,11-13H2,1-2H3. The van der Waals surface area contributed by atoms with Crippen LogP contribution in [0.5, 0.6) is 0 Å². The molecule has 3 heteroatoms. The molecule has 0 unspecified atom stereocenters. The Morgan fingerprint density at radius 2 is 2.00 bits per heavy atom. The summed E-state index contributed by atoms with van der Waals surface area (Å²) in [4.78, 5) is 0. The molecule has 1 aromatic carbocycles. The molecule has 2 aromatic rings. The van der Waals surface area contributed by atoms with Crippen molar-refractivity contribution in [2.75, 3.05) is 26.9 Å². The van der Waals surface area contributed by atoms with Crippen molar-refractivity contribution in [3.05, 3.63) is 36.0 Å². The molecule has 0 amide bonds. The maximum Gasteiger partial charge on any atom is 0.0700 e. The van der Waals surface area contributed by atoms with Gasteiger partial charge in [0.05, 0.1) is 18.7 Å². The molecule has 0 spiro atoms. The molecule has 2 rings (SSSR count). The lowest BCUT2D eigenvalue weighted by molar-refractivity contribution is 0.0681. The fourth-order valence-electron chi connectivity index (χ4n) is 2.39. The number of ether oxygens (including phenoxy) is 2. The van der Waals surface area contributed by atoms with Gasteiger partial charge in [0, 0.05) is 26.5 Å². The van der Waals surface area contributed by atoms with Crippen molar-refractivity contribution in [2.24, 2.45) is 0 Å². The average molecular weight is 261 g/mol. The van der Waals surface area contributed by atoms with Gasteiger partial charge in [0.1, 0.15) is 0 Å². The van der Waals surface area contributed by atoms with Gasteiger partial charge in [-0.3, -0.25) is 0 Å². The van der Waals surface area contributed by atoms with E-state index in [-0.39, 0.29) is 0 Å². The molecule has 0 saturated heterocycles. The van der Waals surface area contributed by atoms with E-state index in [1.165, 1.54) is 16.5 Å². The zero-order valence-electron chi connectivity index (χ0n) is 11.9. The van der Waals surface area contributed by atoms with Crippen LogP contribution in [0, 0.1) is 0 Å². The third kappa shape index (κ3) is 3.58. The first-order chi connectivity index (χ1) is 9.36. The van der Waals surface area contributed by atoms with E-state index >= 15 is 0 Å². The highest BCUT2D eigenvalue weighted by atomic mass is 16.5. The van der Waals surface area contributed by atoms with Gasteiger partial charge < -0.3 is 14.0 Å². The topological polar surface area (TPSA) is 23.4 Å². The van der Waals surface area contributed by atoms with Crippen molar-refractivity contribution >= 4 is 10.9 Å². The summed E-state index contributed by atoms with van der Waals surface area (Å²) in [7, 11) is 1.70. The van der Waals surface area contributed by atoms with Crippen LogP contribution >= 0.6 is 0 Å². The van der Waals surface area contributed by atoms with Crippen molar-refractivity contribution in [2.45, 2.75) is 26.3 Å². The lowest BCUT2D eigenvalue weighted by Crippen LogP contribution is -2.06. The predicted molar refractivity (Wildman–Crippen MR) is 78.6 cm³/mol. The highest BCUT2D eigenvalue weighted by Gasteiger charge is 2.04. The van der Waals surface area contributed by atoms with Crippen LogP contribution in [0.3, 0.4) is 0 Å². The molecule has 0 saturated carbocycles. The van der Waals surface area contributed by atoms with Crippen LogP contribution < -0.4 is 0 Å². The van der Waals surface area contributed by atoms with E-state index < -0.39 is 0 Å². The van der Waals surface area contributed by atoms with Crippen molar-refractivity contribution in [3.63, 3.8) is 0 Å². The zero-order valence-corrected chi connectivity index (χ0v) is 11.9. The second-order valence-electron chi connectivity index (χ2n) is 4.68. The zero-order chi connectivity index (χ0) is 13.5. The van der Waals surface area contributed by atoms with Crippen LogP contribution in [0.15, 0.2) is 30.5 Å². The Kier molecular flexibility index (Phi) is 5.43. The second-order valence-corrected chi connectivity index (χ2v) is 4.68. The van der Waals surface area contributed by atoms with Crippen LogP contribution in [0.1, 0.15) is 18.9 Å². The van der Waals surface area contributed by atoms with Gasteiger partial charge in [-0.2, -0.15) is 0 Å². The summed E-state index contributed by atoms with van der Waals surface area (Å²) in [5.74, 6) is 0. The molecule has 1 aromatic heterocycles. The number of benzene rings is 1. The van der Waals surface area contributed by atoms with E-state index in [0.717, 1.165) is 26.0 Å². The van der Waals surface area contributed by atoms with Crippen LogP contribution in [0.25, 0.3) is 10.9 Å². The minimum atomic E-state index is 0.673. The van der Waals surface area contributed by atoms with E-state index in [1.54, 1.807) is 7.11 Å². The lowest BCUT2D eigenvalue weighted by Gasteiger charge is -2.09. The maximum absolute atomic E-state index is 5.50. The Bertz CT molecular complexity index is 504. The predicted octanol–water partition coefficient (Wildman–Crippen LogP) is 3.26. The Morgan fingerprint density at radius 1 is 1.11 bits per heavy atom. The number of para-hydroxylation sites is 1. The second kappa shape index (κ2) is 7.31. The number of hydrogen-bond donors (Lipinski definition) is 0. The minimum Gasteiger partial charge on any atom is -0.382 e. The molecule has 0 aliphatic rings. The number of nitrogens with zero attached hydrogens (tertiary/aromatic N) is 1. The van der Waals surface area contributed by atoms with Gasteiger partial charge in [0.2, 0.25) is 0 Å². The van der Waals surface area contributed by atoms with Crippen LogP contribution in [0.2, 0.25) is 0 Å². The van der Waals surface area contributed by atoms with Crippen LogP contribution in [-0.4, -0.2) is 31.5 Å². The summed E-state index contributed by atoms with van der Waals surface area (Å²) in [5, 5.41) is 1.33. The van der Waals surface area contributed by atoms with Gasteiger partial charge in [0.25, 0.3) is 0 Å². The third-order valence-corrected chi connectivity index (χ3v) is 3.37. The molecule has 0 aliphatic carbocycles. The SMILES string of the molecule is CCc1cccc2ccn(CCCOCCOC)c12. The van der Waals surface area contributed by atoms with E-state index in [9.17, 15) is 0 Å². The number of fused-ring (bicyclic) bond motifs is 1. The molecule has 0 N–H and O–H groups in total. The summed E-state index contributed by atoms with van der Waals surface area (Å²) in [6.45, 7) is 5.36. The molecule has 104 valence electrons. The van der Waals surface area contributed by atoms with E-state index in [0.29, 0.717) is 13.2 Å². The maximum atomic E-state index is 5.50. The monoisotopic (exact) mass is 261 g/mol. The first kappa shape index (κ1) is 14.1. The van der Waals surface area contributed by atoms with Gasteiger partial charge in [-0.1, -0.05) is 25.1 Å². The van der Waals surface area contributed by atoms with Crippen molar-refractivity contribution in [1.82, 2.24) is 4.57 Å². The first-order valence-electron chi connectivity index (χ1n) is 7.00. The molecular weight excluding hydrogens is 238 g/mol. The summed E-state index contributed by atoms with van der Waals surface area (Å²) in [5.41, 5.74) is 2.80. The highest BCUT2D eigenvalue weighted by molar-refractivity contribution is 5.83. The molecule has 1 heterocycles. The minimum absolute atomic E-state index is 0.673. The third-order valence-electron chi connectivity index (χ3n) is 3.37. The number of hydrogen-bond acceptors (Lipinski definition) is 2. The summed E-state index contributed by atoms with van der Waals surface area (Å²) in [6.07, 6.45) is 4.29. The fourth-order valence-corrected chi connectivity index (χ4v) is 2.39. The van der Waals surface area contributed by atoms with Gasteiger partial charge in [0.15, 0.2) is 0 Å². The molecule has 0 fully saturated rings. The van der Waals surface area contributed by atoms with Crippen LogP contribution in [0.4, 0.5) is 0 Å². The van der Waals surface area contributed by atoms with E-state index in [4.69, 9.17) is 9.47 Å². The number of rotatable bonds is 8. The average Bonchev–Trinajstić information content (AvgIpc) is 2.86. The normalized spacial score (nSPS) is 11.3. The lowest BCUT2D eigenvalue weighted by atomic mass is 10.1. The smallest absolute Gasteiger partial charge is 0.0700 e. The molecule has 0 atom stereocenters. The molecule has 0 radical (unpaired) electrons. The van der Waals surface area contributed by atoms with Crippen molar-refractivity contribution in [1.29, 1.82) is 0 Å². The van der Waals surface area contributed by atoms with Crippen molar-refractivity contribution in [3.8, 4) is 0 Å². The molecule has 3 nitrogen and oxygen atoms in total. The summed E-state index contributed by atoms with van der Waals surface area (Å²) < 4.78 is 12.8. The number of aryl methyl sites for hydroxylation is 2. The van der Waals surface area contributed by atoms with E-state index in [1.807, 2.05) is 0 Å². The summed E-state index contributed by atoms with van der Waals surface area (Å²) >= 11 is 0. The fraction of sp³-hybridized carbons (Fsp3) is 0.500. The summed E-state index contributed by atoms with van der Waals surface area (Å²) in [6, 6.07) is 8.73. The Hall–Kier alpha value is -1.32. The van der Waals surface area contributed by atoms with E-state index in [2.05, 4.69) is 42.0 Å². The van der Waals surface area contributed by atoms with Crippen molar-refractivity contribution < 1.29 is 9.47 Å². The Balaban J connectivity index is 1.93. The largest absolute Gasteiger partial charge is 0.382 e. The van der Waals surface area contributed by atoms with Gasteiger partial charge in [-0.25, -0.2) is 0 Å². The number of methoxy groups -OCH3 is 1. The molecule has 0 bridgehead atoms. The Labute approximate surface area is 115 Å². The van der Waals surface area contributed by atoms with Gasteiger partial charge >= 0.3 is 0 Å². The first-order valence-corrected chi connectivity index (χ1v) is 7.00. The quantitative estimate of drug-likeness (QED) is 0.681. The molecular formula is C16H23NO2. The number of aromatic nitrogens is 1. The highest BCUT2D eigenvalue weighted by Crippen LogP contribution is 2.21. The molecule has 19 heavy (non-hydrogen) atoms. The van der Waals surface area contributed by atoms with Gasteiger partial charge in [-0.05, 0) is 29.9 Å².